The third-order valence-electron chi connectivity index (χ3n) is 3.70. The largest absolute Gasteiger partial charge is 0.480 e. The van der Waals surface area contributed by atoms with Crippen molar-refractivity contribution in [2.24, 2.45) is 5.92 Å². The van der Waals surface area contributed by atoms with Crippen LogP contribution in [0.1, 0.15) is 50.8 Å². The van der Waals surface area contributed by atoms with Gasteiger partial charge in [-0.1, -0.05) is 38.1 Å². The van der Waals surface area contributed by atoms with Gasteiger partial charge in [0.2, 0.25) is 5.91 Å². The first-order valence-corrected chi connectivity index (χ1v) is 7.84. The number of aliphatic carboxylic acids is 1. The predicted molar refractivity (Wildman–Crippen MR) is 87.1 cm³/mol. The highest BCUT2D eigenvalue weighted by Gasteiger charge is 2.21. The number of hydroxylamine groups is 1. The van der Waals surface area contributed by atoms with Gasteiger partial charge < -0.3 is 5.11 Å². The first-order chi connectivity index (χ1) is 10.8. The Bertz CT molecular complexity index is 514. The number of nitrogens with one attached hydrogen (secondary N) is 2. The van der Waals surface area contributed by atoms with Crippen LogP contribution in [0.5, 0.6) is 0 Å². The van der Waals surface area contributed by atoms with Crippen molar-refractivity contribution in [3.63, 3.8) is 0 Å². The van der Waals surface area contributed by atoms with E-state index in [0.29, 0.717) is 18.8 Å². The molecule has 1 unspecified atom stereocenters. The lowest BCUT2D eigenvalue weighted by atomic mass is 10.00. The predicted octanol–water partition coefficient (Wildman–Crippen LogP) is 2.27. The van der Waals surface area contributed by atoms with Crippen LogP contribution in [-0.4, -0.2) is 28.2 Å². The average molecular weight is 322 g/mol. The summed E-state index contributed by atoms with van der Waals surface area (Å²) in [6, 6.07) is 7.03. The number of carbonyl (C=O) groups excluding carboxylic acids is 1. The normalized spacial score (nSPS) is 13.6. The minimum absolute atomic E-state index is 0.0790. The van der Waals surface area contributed by atoms with Crippen LogP contribution in [0.3, 0.4) is 0 Å². The lowest BCUT2D eigenvalue weighted by Crippen LogP contribution is -2.39. The molecule has 0 spiro atoms. The number of carbonyl (C=O) groups is 2. The van der Waals surface area contributed by atoms with Crippen LogP contribution in [-0.2, 0) is 16.0 Å². The molecule has 2 atom stereocenters. The lowest BCUT2D eigenvalue weighted by molar-refractivity contribution is -0.140. The molecule has 6 heteroatoms. The molecule has 23 heavy (non-hydrogen) atoms. The van der Waals surface area contributed by atoms with Crippen LogP contribution in [0.15, 0.2) is 24.3 Å². The summed E-state index contributed by atoms with van der Waals surface area (Å²) in [7, 11) is 0. The van der Waals surface area contributed by atoms with E-state index in [2.05, 4.69) is 5.32 Å². The quantitative estimate of drug-likeness (QED) is 0.413. The van der Waals surface area contributed by atoms with Gasteiger partial charge in [-0.3, -0.25) is 20.1 Å². The smallest absolute Gasteiger partial charge is 0.320 e. The molecule has 1 rings (SSSR count). The van der Waals surface area contributed by atoms with Crippen molar-refractivity contribution in [2.75, 3.05) is 0 Å². The van der Waals surface area contributed by atoms with Gasteiger partial charge in [0.15, 0.2) is 0 Å². The molecule has 0 aliphatic carbocycles. The monoisotopic (exact) mass is 322 g/mol. The minimum Gasteiger partial charge on any atom is -0.480 e. The Hall–Kier alpha value is -1.92. The highest BCUT2D eigenvalue weighted by Crippen LogP contribution is 2.17. The van der Waals surface area contributed by atoms with Gasteiger partial charge >= 0.3 is 5.97 Å². The Morgan fingerprint density at radius 1 is 1.13 bits per heavy atom. The molecule has 0 saturated carbocycles. The van der Waals surface area contributed by atoms with Crippen LogP contribution in [0.2, 0.25) is 0 Å². The molecule has 1 aromatic rings. The molecule has 1 aromatic carbocycles. The number of benzene rings is 1. The second kappa shape index (κ2) is 9.27. The number of rotatable bonds is 9. The van der Waals surface area contributed by atoms with Gasteiger partial charge in [0.05, 0.1) is 0 Å². The van der Waals surface area contributed by atoms with Crippen molar-refractivity contribution >= 4 is 11.9 Å². The number of aryl methyl sites for hydroxylation is 1. The van der Waals surface area contributed by atoms with E-state index in [1.807, 2.05) is 45.0 Å². The Morgan fingerprint density at radius 3 is 2.22 bits per heavy atom. The summed E-state index contributed by atoms with van der Waals surface area (Å²) in [6.07, 6.45) is 1.34. The summed E-state index contributed by atoms with van der Waals surface area (Å²) >= 11 is 0. The number of carboxylic acid groups (broad SMARTS) is 1. The Balaban J connectivity index is 2.63. The van der Waals surface area contributed by atoms with Crippen LogP contribution < -0.4 is 10.8 Å². The van der Waals surface area contributed by atoms with Crippen molar-refractivity contribution < 1.29 is 19.9 Å². The number of hydrogen-bond acceptors (Lipinski definition) is 4. The molecule has 0 aromatic heterocycles. The molecule has 1 amide bonds. The molecule has 0 aliphatic rings. The fraction of sp³-hybridized carbons (Fsp3) is 0.529. The van der Waals surface area contributed by atoms with Gasteiger partial charge in [0.1, 0.15) is 6.04 Å². The molecule has 4 N–H and O–H groups in total. The summed E-state index contributed by atoms with van der Waals surface area (Å²) in [5.74, 6) is -0.949. The van der Waals surface area contributed by atoms with E-state index < -0.39 is 17.9 Å². The van der Waals surface area contributed by atoms with E-state index in [4.69, 9.17) is 5.21 Å². The zero-order chi connectivity index (χ0) is 17.4. The molecular formula is C17H26N2O4. The average Bonchev–Trinajstić information content (AvgIpc) is 2.51. The number of carboxylic acids is 1. The number of hydrogen-bond donors (Lipinski definition) is 4. The molecule has 128 valence electrons. The number of amides is 1. The maximum absolute atomic E-state index is 11.3. The standard InChI is InChI=1S/C17H26N2O4/c1-11(2)10-15(17(21)22)18-12(3)14-7-4-13(5-8-14)6-9-16(20)19-23/h4-5,7-8,11-12,15,18,23H,6,9-10H2,1-3H3,(H,19,20)(H,21,22)/t12?,15-/m0/s1. The molecule has 6 nitrogen and oxygen atoms in total. The molecule has 0 heterocycles. The van der Waals surface area contributed by atoms with Gasteiger partial charge in [0, 0.05) is 12.5 Å². The highest BCUT2D eigenvalue weighted by atomic mass is 16.5. The molecule has 0 fully saturated rings. The maximum atomic E-state index is 11.3. The van der Waals surface area contributed by atoms with Gasteiger partial charge in [-0.05, 0) is 36.8 Å². The van der Waals surface area contributed by atoms with Crippen LogP contribution >= 0.6 is 0 Å². The third-order valence-corrected chi connectivity index (χ3v) is 3.70. The van der Waals surface area contributed by atoms with Gasteiger partial charge in [0.25, 0.3) is 0 Å². The Morgan fingerprint density at radius 2 is 1.74 bits per heavy atom. The first kappa shape index (κ1) is 19.1. The molecule has 0 radical (unpaired) electrons. The molecule has 0 bridgehead atoms. The Kier molecular flexibility index (Phi) is 7.71. The van der Waals surface area contributed by atoms with Gasteiger partial charge in [-0.2, -0.15) is 0 Å². The van der Waals surface area contributed by atoms with E-state index in [1.165, 1.54) is 0 Å². The summed E-state index contributed by atoms with van der Waals surface area (Å²) in [6.45, 7) is 5.93. The van der Waals surface area contributed by atoms with Crippen molar-refractivity contribution in [3.8, 4) is 0 Å². The third kappa shape index (κ3) is 6.80. The fourth-order valence-corrected chi connectivity index (χ4v) is 2.40. The van der Waals surface area contributed by atoms with Crippen molar-refractivity contribution in [1.29, 1.82) is 0 Å². The molecule has 0 saturated heterocycles. The summed E-state index contributed by atoms with van der Waals surface area (Å²) in [5, 5.41) is 20.9. The van der Waals surface area contributed by atoms with Crippen molar-refractivity contribution in [3.05, 3.63) is 35.4 Å². The summed E-state index contributed by atoms with van der Waals surface area (Å²) in [5.41, 5.74) is 3.59. The summed E-state index contributed by atoms with van der Waals surface area (Å²) < 4.78 is 0. The highest BCUT2D eigenvalue weighted by molar-refractivity contribution is 5.74. The van der Waals surface area contributed by atoms with Crippen molar-refractivity contribution in [1.82, 2.24) is 10.8 Å². The van der Waals surface area contributed by atoms with E-state index in [9.17, 15) is 14.7 Å². The van der Waals surface area contributed by atoms with Gasteiger partial charge in [-0.15, -0.1) is 0 Å². The van der Waals surface area contributed by atoms with E-state index in [1.54, 1.807) is 5.48 Å². The van der Waals surface area contributed by atoms with Crippen LogP contribution in [0.4, 0.5) is 0 Å². The van der Waals surface area contributed by atoms with E-state index in [-0.39, 0.29) is 12.5 Å². The fourth-order valence-electron chi connectivity index (χ4n) is 2.40. The van der Waals surface area contributed by atoms with E-state index >= 15 is 0 Å². The van der Waals surface area contributed by atoms with E-state index in [0.717, 1.165) is 11.1 Å². The SMILES string of the molecule is CC(C)C[C@H](NC(C)c1ccc(CCC(=O)NO)cc1)C(=O)O. The van der Waals surface area contributed by atoms with Crippen LogP contribution in [0.25, 0.3) is 0 Å². The van der Waals surface area contributed by atoms with Gasteiger partial charge in [-0.25, -0.2) is 5.48 Å². The maximum Gasteiger partial charge on any atom is 0.320 e. The molecule has 0 aliphatic heterocycles. The second-order valence-electron chi connectivity index (χ2n) is 6.19. The van der Waals surface area contributed by atoms with Crippen LogP contribution in [0, 0.1) is 5.92 Å². The first-order valence-electron chi connectivity index (χ1n) is 7.84. The Labute approximate surface area is 136 Å². The lowest BCUT2D eigenvalue weighted by Gasteiger charge is -2.22. The minimum atomic E-state index is -0.836. The topological polar surface area (TPSA) is 98.7 Å². The zero-order valence-corrected chi connectivity index (χ0v) is 13.9. The summed E-state index contributed by atoms with van der Waals surface area (Å²) in [4.78, 5) is 22.3. The molecular weight excluding hydrogens is 296 g/mol. The second-order valence-corrected chi connectivity index (χ2v) is 6.19. The zero-order valence-electron chi connectivity index (χ0n) is 13.9. The van der Waals surface area contributed by atoms with Crippen molar-refractivity contribution in [2.45, 2.75) is 52.1 Å².